The Morgan fingerprint density at radius 2 is 2.27 bits per heavy atom. The highest BCUT2D eigenvalue weighted by molar-refractivity contribution is 5.02. The van der Waals surface area contributed by atoms with Crippen molar-refractivity contribution >= 4 is 0 Å². The van der Waals surface area contributed by atoms with Gasteiger partial charge in [-0.1, -0.05) is 0 Å². The molecule has 0 aliphatic rings. The van der Waals surface area contributed by atoms with Crippen LogP contribution in [-0.2, 0) is 0 Å². The van der Waals surface area contributed by atoms with Crippen LogP contribution in [0, 0.1) is 0 Å². The van der Waals surface area contributed by atoms with E-state index in [9.17, 15) is 0 Å². The molecule has 0 amide bonds. The van der Waals surface area contributed by atoms with Gasteiger partial charge in [0.05, 0.1) is 24.0 Å². The Labute approximate surface area is 65.1 Å². The fourth-order valence-corrected chi connectivity index (χ4v) is 0.730. The highest BCUT2D eigenvalue weighted by Crippen LogP contribution is 2.08. The lowest BCUT2D eigenvalue weighted by molar-refractivity contribution is 0.162. The zero-order valence-corrected chi connectivity index (χ0v) is 6.31. The minimum atomic E-state index is -0.591. The standard InChI is InChI=1S/C7H11N3O/c1-5(11)7(8)6-4-9-2-3-10-6/h2-5,7,11H,8H2,1H3. The third-order valence-electron chi connectivity index (χ3n) is 1.44. The van der Waals surface area contributed by atoms with Crippen LogP contribution < -0.4 is 5.73 Å². The van der Waals surface area contributed by atoms with Crippen molar-refractivity contribution in [1.82, 2.24) is 9.97 Å². The van der Waals surface area contributed by atoms with E-state index in [1.165, 1.54) is 0 Å². The van der Waals surface area contributed by atoms with E-state index in [1.54, 1.807) is 25.5 Å². The Bertz CT molecular complexity index is 212. The van der Waals surface area contributed by atoms with E-state index < -0.39 is 12.1 Å². The van der Waals surface area contributed by atoms with Crippen LogP contribution in [0.2, 0.25) is 0 Å². The highest BCUT2D eigenvalue weighted by Gasteiger charge is 2.12. The molecule has 0 aromatic carbocycles. The first-order chi connectivity index (χ1) is 5.22. The molecular formula is C7H11N3O. The molecule has 0 bridgehead atoms. The van der Waals surface area contributed by atoms with Crippen molar-refractivity contribution in [3.63, 3.8) is 0 Å². The minimum Gasteiger partial charge on any atom is -0.391 e. The first-order valence-electron chi connectivity index (χ1n) is 3.41. The monoisotopic (exact) mass is 153 g/mol. The fourth-order valence-electron chi connectivity index (χ4n) is 0.730. The molecule has 0 spiro atoms. The molecule has 0 aliphatic heterocycles. The van der Waals surface area contributed by atoms with Crippen LogP contribution in [-0.4, -0.2) is 21.2 Å². The lowest BCUT2D eigenvalue weighted by Crippen LogP contribution is -2.24. The van der Waals surface area contributed by atoms with Crippen molar-refractivity contribution in [2.75, 3.05) is 0 Å². The van der Waals surface area contributed by atoms with Gasteiger partial charge in [-0.05, 0) is 6.92 Å². The molecule has 60 valence electrons. The SMILES string of the molecule is CC(O)C(N)c1cnccn1. The average molecular weight is 153 g/mol. The van der Waals surface area contributed by atoms with E-state index in [0.717, 1.165) is 0 Å². The van der Waals surface area contributed by atoms with Gasteiger partial charge in [0.2, 0.25) is 0 Å². The van der Waals surface area contributed by atoms with E-state index in [4.69, 9.17) is 10.8 Å². The molecule has 2 unspecified atom stereocenters. The minimum absolute atomic E-state index is 0.441. The van der Waals surface area contributed by atoms with Crippen LogP contribution in [0.1, 0.15) is 18.7 Å². The number of hydrogen-bond acceptors (Lipinski definition) is 4. The quantitative estimate of drug-likeness (QED) is 0.620. The van der Waals surface area contributed by atoms with Gasteiger partial charge >= 0.3 is 0 Å². The van der Waals surface area contributed by atoms with Crippen LogP contribution in [0.5, 0.6) is 0 Å². The number of nitrogens with two attached hydrogens (primary N) is 1. The molecule has 11 heavy (non-hydrogen) atoms. The summed E-state index contributed by atoms with van der Waals surface area (Å²) < 4.78 is 0. The second-order valence-corrected chi connectivity index (χ2v) is 2.40. The summed E-state index contributed by atoms with van der Waals surface area (Å²) in [5.41, 5.74) is 6.20. The van der Waals surface area contributed by atoms with Gasteiger partial charge in [-0.25, -0.2) is 0 Å². The molecule has 1 aromatic rings. The second kappa shape index (κ2) is 3.41. The Hall–Kier alpha value is -1.00. The maximum atomic E-state index is 9.08. The van der Waals surface area contributed by atoms with E-state index in [-0.39, 0.29) is 0 Å². The molecule has 0 saturated heterocycles. The molecule has 0 radical (unpaired) electrons. The predicted molar refractivity (Wildman–Crippen MR) is 40.6 cm³/mol. The summed E-state index contributed by atoms with van der Waals surface area (Å²) in [4.78, 5) is 7.79. The van der Waals surface area contributed by atoms with Crippen molar-refractivity contribution in [3.8, 4) is 0 Å². The van der Waals surface area contributed by atoms with Crippen molar-refractivity contribution in [2.24, 2.45) is 5.73 Å². The molecule has 2 atom stereocenters. The van der Waals surface area contributed by atoms with Gasteiger partial charge in [-0.15, -0.1) is 0 Å². The molecule has 0 aliphatic carbocycles. The first-order valence-corrected chi connectivity index (χ1v) is 3.41. The molecule has 3 N–H and O–H groups in total. The fraction of sp³-hybridized carbons (Fsp3) is 0.429. The van der Waals surface area contributed by atoms with Crippen LogP contribution in [0.4, 0.5) is 0 Å². The van der Waals surface area contributed by atoms with Gasteiger partial charge in [0.1, 0.15) is 0 Å². The van der Waals surface area contributed by atoms with E-state index >= 15 is 0 Å². The van der Waals surface area contributed by atoms with E-state index in [2.05, 4.69) is 9.97 Å². The lowest BCUT2D eigenvalue weighted by atomic mass is 10.1. The summed E-state index contributed by atoms with van der Waals surface area (Å²) in [6.07, 6.45) is 4.08. The Kier molecular flexibility index (Phi) is 2.51. The molecule has 1 rings (SSSR count). The van der Waals surface area contributed by atoms with Gasteiger partial charge in [0.15, 0.2) is 0 Å². The van der Waals surface area contributed by atoms with E-state index in [0.29, 0.717) is 5.69 Å². The molecular weight excluding hydrogens is 142 g/mol. The molecule has 0 saturated carbocycles. The van der Waals surface area contributed by atoms with Crippen molar-refractivity contribution in [2.45, 2.75) is 19.1 Å². The molecule has 4 nitrogen and oxygen atoms in total. The predicted octanol–water partition coefficient (Wildman–Crippen LogP) is -0.143. The van der Waals surface area contributed by atoms with Gasteiger partial charge < -0.3 is 10.8 Å². The Morgan fingerprint density at radius 3 is 2.73 bits per heavy atom. The number of aliphatic hydroxyl groups is 1. The lowest BCUT2D eigenvalue weighted by Gasteiger charge is -2.12. The zero-order chi connectivity index (χ0) is 8.27. The summed E-state index contributed by atoms with van der Waals surface area (Å²) in [5, 5.41) is 9.08. The second-order valence-electron chi connectivity index (χ2n) is 2.40. The summed E-state index contributed by atoms with van der Waals surface area (Å²) >= 11 is 0. The van der Waals surface area contributed by atoms with Crippen LogP contribution in [0.15, 0.2) is 18.6 Å². The number of hydrogen-bond donors (Lipinski definition) is 2. The topological polar surface area (TPSA) is 72.0 Å². The third-order valence-corrected chi connectivity index (χ3v) is 1.44. The number of aliphatic hydroxyl groups excluding tert-OH is 1. The summed E-state index contributed by atoms with van der Waals surface area (Å²) in [6.45, 7) is 1.62. The van der Waals surface area contributed by atoms with Gasteiger partial charge in [-0.2, -0.15) is 0 Å². The number of aromatic nitrogens is 2. The largest absolute Gasteiger partial charge is 0.391 e. The summed E-state index contributed by atoms with van der Waals surface area (Å²) in [7, 11) is 0. The summed E-state index contributed by atoms with van der Waals surface area (Å²) in [5.74, 6) is 0. The van der Waals surface area contributed by atoms with Crippen molar-refractivity contribution < 1.29 is 5.11 Å². The average Bonchev–Trinajstić information content (AvgIpc) is 2.05. The summed E-state index contributed by atoms with van der Waals surface area (Å²) in [6, 6.07) is -0.441. The molecule has 0 fully saturated rings. The molecule has 1 heterocycles. The van der Waals surface area contributed by atoms with Gasteiger partial charge in [-0.3, -0.25) is 9.97 Å². The Morgan fingerprint density at radius 1 is 1.55 bits per heavy atom. The van der Waals surface area contributed by atoms with Gasteiger partial charge in [0, 0.05) is 12.4 Å². The van der Waals surface area contributed by atoms with Crippen molar-refractivity contribution in [1.29, 1.82) is 0 Å². The van der Waals surface area contributed by atoms with E-state index in [1.807, 2.05) is 0 Å². The maximum Gasteiger partial charge on any atom is 0.0780 e. The molecule has 4 heteroatoms. The van der Waals surface area contributed by atoms with Crippen LogP contribution in [0.25, 0.3) is 0 Å². The van der Waals surface area contributed by atoms with Crippen LogP contribution in [0.3, 0.4) is 0 Å². The van der Waals surface area contributed by atoms with Crippen LogP contribution >= 0.6 is 0 Å². The normalized spacial score (nSPS) is 15.9. The smallest absolute Gasteiger partial charge is 0.0780 e. The first kappa shape index (κ1) is 8.10. The highest BCUT2D eigenvalue weighted by atomic mass is 16.3. The number of rotatable bonds is 2. The third kappa shape index (κ3) is 1.96. The van der Waals surface area contributed by atoms with Gasteiger partial charge in [0.25, 0.3) is 0 Å². The maximum absolute atomic E-state index is 9.08. The van der Waals surface area contributed by atoms with Crippen molar-refractivity contribution in [3.05, 3.63) is 24.3 Å². The zero-order valence-electron chi connectivity index (χ0n) is 6.31. The Balaban J connectivity index is 2.77. The number of nitrogens with zero attached hydrogens (tertiary/aromatic N) is 2. The molecule has 1 aromatic heterocycles.